The average Bonchev–Trinajstić information content (AvgIpc) is 3.44. The molecule has 2 N–H and O–H groups in total. The van der Waals surface area contributed by atoms with E-state index in [9.17, 15) is 18.4 Å². The fourth-order valence-corrected chi connectivity index (χ4v) is 6.99. The van der Waals surface area contributed by atoms with Gasteiger partial charge in [0.25, 0.3) is 0 Å². The van der Waals surface area contributed by atoms with E-state index < -0.39 is 23.6 Å². The second kappa shape index (κ2) is 14.8. The number of aromatic nitrogens is 1. The maximum absolute atomic E-state index is 13.6. The van der Waals surface area contributed by atoms with Crippen LogP contribution in [0.4, 0.5) is 13.9 Å². The lowest BCUT2D eigenvalue weighted by Crippen LogP contribution is -2.45. The molecular formula is C33H39F2N3O3S. The molecule has 2 fully saturated rings. The maximum Gasteiger partial charge on any atom is 0.248 e. The zero-order valence-electron chi connectivity index (χ0n) is 23.9. The zero-order valence-corrected chi connectivity index (χ0v) is 24.7. The lowest BCUT2D eigenvalue weighted by atomic mass is 9.84. The van der Waals surface area contributed by atoms with Gasteiger partial charge in [-0.1, -0.05) is 87.0 Å². The van der Waals surface area contributed by atoms with Crippen LogP contribution in [0.15, 0.2) is 48.7 Å². The number of rotatable bonds is 11. The van der Waals surface area contributed by atoms with E-state index in [1.54, 1.807) is 6.20 Å². The van der Waals surface area contributed by atoms with Crippen molar-refractivity contribution in [3.63, 3.8) is 0 Å². The molecule has 2 aliphatic rings. The molecular weight excluding hydrogens is 556 g/mol. The number of thiazole rings is 1. The summed E-state index contributed by atoms with van der Waals surface area (Å²) < 4.78 is 33.5. The molecule has 1 heterocycles. The lowest BCUT2D eigenvalue weighted by molar-refractivity contribution is -0.126. The molecule has 2 saturated carbocycles. The minimum Gasteiger partial charge on any atom is -0.374 e. The third-order valence-electron chi connectivity index (χ3n) is 8.28. The summed E-state index contributed by atoms with van der Waals surface area (Å²) in [5, 5.41) is 6.20. The fourth-order valence-electron chi connectivity index (χ4n) is 6.11. The van der Waals surface area contributed by atoms with Crippen LogP contribution in [-0.2, 0) is 27.4 Å². The highest BCUT2D eigenvalue weighted by Crippen LogP contribution is 2.33. The Kier molecular flexibility index (Phi) is 10.7. The first-order valence-electron chi connectivity index (χ1n) is 15.1. The summed E-state index contributed by atoms with van der Waals surface area (Å²) in [6, 6.07) is 10.4. The Balaban J connectivity index is 1.25. The van der Waals surface area contributed by atoms with E-state index in [1.165, 1.54) is 37.0 Å². The Labute approximate surface area is 250 Å². The predicted octanol–water partition coefficient (Wildman–Crippen LogP) is 7.57. The second-order valence-electron chi connectivity index (χ2n) is 11.6. The summed E-state index contributed by atoms with van der Waals surface area (Å²) in [5.74, 6) is -1.95. The number of ether oxygens (including phenoxy) is 1. The van der Waals surface area contributed by atoms with E-state index in [1.807, 2.05) is 18.2 Å². The van der Waals surface area contributed by atoms with Gasteiger partial charge in [-0.05, 0) is 54.0 Å². The van der Waals surface area contributed by atoms with Gasteiger partial charge in [-0.3, -0.25) is 9.59 Å². The van der Waals surface area contributed by atoms with Gasteiger partial charge in [0.2, 0.25) is 11.8 Å². The van der Waals surface area contributed by atoms with E-state index in [2.05, 4.69) is 21.7 Å². The third kappa shape index (κ3) is 8.67. The summed E-state index contributed by atoms with van der Waals surface area (Å²) in [6.07, 6.45) is 13.7. The minimum atomic E-state index is -0.775. The Morgan fingerprint density at radius 2 is 1.64 bits per heavy atom. The number of nitrogens with one attached hydrogen (secondary N) is 2. The highest BCUT2D eigenvalue weighted by atomic mass is 32.1. The lowest BCUT2D eigenvalue weighted by Gasteiger charge is -2.26. The van der Waals surface area contributed by atoms with Crippen LogP contribution < -0.4 is 10.6 Å². The van der Waals surface area contributed by atoms with Crippen LogP contribution in [0.2, 0.25) is 0 Å². The predicted molar refractivity (Wildman–Crippen MR) is 161 cm³/mol. The van der Waals surface area contributed by atoms with Gasteiger partial charge in [0.05, 0.1) is 24.0 Å². The Hall–Kier alpha value is -3.17. The van der Waals surface area contributed by atoms with Crippen LogP contribution in [0.5, 0.6) is 0 Å². The molecule has 3 aromatic rings. The average molecular weight is 596 g/mol. The minimum absolute atomic E-state index is 0.218. The Morgan fingerprint density at radius 1 is 0.952 bits per heavy atom. The quantitative estimate of drug-likeness (QED) is 0.240. The number of nitrogens with zero attached hydrogens (tertiary/aromatic N) is 1. The molecule has 2 aliphatic carbocycles. The topological polar surface area (TPSA) is 80.3 Å². The maximum atomic E-state index is 13.6. The van der Waals surface area contributed by atoms with Crippen LogP contribution in [0.1, 0.15) is 81.8 Å². The monoisotopic (exact) mass is 595 g/mol. The van der Waals surface area contributed by atoms with Crippen molar-refractivity contribution in [2.75, 3.05) is 5.32 Å². The molecule has 0 radical (unpaired) electrons. The van der Waals surface area contributed by atoms with E-state index in [0.717, 1.165) is 72.7 Å². The van der Waals surface area contributed by atoms with Crippen LogP contribution in [-0.4, -0.2) is 28.9 Å². The van der Waals surface area contributed by atoms with Crippen molar-refractivity contribution in [1.82, 2.24) is 10.3 Å². The first-order chi connectivity index (χ1) is 20.4. The van der Waals surface area contributed by atoms with E-state index >= 15 is 0 Å². The first kappa shape index (κ1) is 30.3. The fraction of sp³-hybridized carbons (Fsp3) is 0.485. The molecule has 1 atom stereocenters. The zero-order chi connectivity index (χ0) is 29.3. The number of hydrogen-bond donors (Lipinski definition) is 2. The molecule has 6 nitrogen and oxygen atoms in total. The van der Waals surface area contributed by atoms with Crippen molar-refractivity contribution in [1.29, 1.82) is 0 Å². The highest BCUT2D eigenvalue weighted by molar-refractivity contribution is 7.19. The Bertz CT molecular complexity index is 1330. The summed E-state index contributed by atoms with van der Waals surface area (Å²) in [4.78, 5) is 31.8. The van der Waals surface area contributed by atoms with E-state index in [0.29, 0.717) is 30.2 Å². The molecule has 224 valence electrons. The van der Waals surface area contributed by atoms with E-state index in [-0.39, 0.29) is 17.9 Å². The first-order valence-corrected chi connectivity index (χ1v) is 16.0. The van der Waals surface area contributed by atoms with Crippen molar-refractivity contribution in [2.45, 2.75) is 95.8 Å². The number of carbonyl (C=O) groups excluding carboxylic acids is 2. The van der Waals surface area contributed by atoms with Crippen molar-refractivity contribution >= 4 is 28.3 Å². The van der Waals surface area contributed by atoms with Gasteiger partial charge in [0, 0.05) is 12.3 Å². The number of anilines is 1. The molecule has 2 aromatic carbocycles. The second-order valence-corrected chi connectivity index (χ2v) is 12.6. The van der Waals surface area contributed by atoms with Crippen molar-refractivity contribution in [3.05, 3.63) is 71.4 Å². The van der Waals surface area contributed by atoms with Crippen LogP contribution in [0.3, 0.4) is 0 Å². The van der Waals surface area contributed by atoms with Gasteiger partial charge < -0.3 is 15.4 Å². The summed E-state index contributed by atoms with van der Waals surface area (Å²) in [5.41, 5.74) is 2.33. The van der Waals surface area contributed by atoms with Crippen LogP contribution >= 0.6 is 11.3 Å². The van der Waals surface area contributed by atoms with Gasteiger partial charge >= 0.3 is 0 Å². The molecule has 0 unspecified atom stereocenters. The largest absolute Gasteiger partial charge is 0.374 e. The smallest absolute Gasteiger partial charge is 0.248 e. The molecule has 0 aliphatic heterocycles. The molecule has 1 aromatic heterocycles. The molecule has 2 amide bonds. The van der Waals surface area contributed by atoms with E-state index in [4.69, 9.17) is 4.74 Å². The molecule has 0 spiro atoms. The van der Waals surface area contributed by atoms with Gasteiger partial charge in [0.15, 0.2) is 5.13 Å². The molecule has 42 heavy (non-hydrogen) atoms. The van der Waals surface area contributed by atoms with Crippen molar-refractivity contribution in [2.24, 2.45) is 5.92 Å². The molecule has 0 bridgehead atoms. The Morgan fingerprint density at radius 3 is 2.38 bits per heavy atom. The molecule has 5 rings (SSSR count). The van der Waals surface area contributed by atoms with Crippen LogP contribution in [0.25, 0.3) is 10.4 Å². The standard InChI is InChI=1S/C33H39F2N3O3S/c34-25-15-23(16-26(35)19-25)18-31(39)37-29(17-22-9-3-1-4-10-22)32(40)38-33-36-20-30(42-33)28-14-8-7-11-24(28)21-41-27-12-5-2-6-13-27/h7-8,11,14-16,19-20,22,27,29H,1-6,9-10,12-13,17-18,21H2,(H,37,39)(H,36,38,40)/t29-/m0/s1. The van der Waals surface area contributed by atoms with Crippen molar-refractivity contribution in [3.8, 4) is 10.4 Å². The van der Waals surface area contributed by atoms with Gasteiger partial charge in [0.1, 0.15) is 17.7 Å². The van der Waals surface area contributed by atoms with Crippen molar-refractivity contribution < 1.29 is 23.1 Å². The summed E-state index contributed by atoms with van der Waals surface area (Å²) >= 11 is 1.38. The SMILES string of the molecule is O=C(Cc1cc(F)cc(F)c1)N[C@@H](CC1CCCCC1)C(=O)Nc1ncc(-c2ccccc2COC2CCCCC2)s1. The van der Waals surface area contributed by atoms with Gasteiger partial charge in [-0.25, -0.2) is 13.8 Å². The van der Waals surface area contributed by atoms with Crippen LogP contribution in [0, 0.1) is 17.6 Å². The molecule has 0 saturated heterocycles. The third-order valence-corrected chi connectivity index (χ3v) is 9.22. The summed E-state index contributed by atoms with van der Waals surface area (Å²) in [6.45, 7) is 0.533. The van der Waals surface area contributed by atoms with Gasteiger partial charge in [-0.15, -0.1) is 0 Å². The van der Waals surface area contributed by atoms with Gasteiger partial charge in [-0.2, -0.15) is 0 Å². The highest BCUT2D eigenvalue weighted by Gasteiger charge is 2.27. The number of halogens is 2. The summed E-state index contributed by atoms with van der Waals surface area (Å²) in [7, 11) is 0. The number of hydrogen-bond acceptors (Lipinski definition) is 5. The number of amides is 2. The number of carbonyl (C=O) groups is 2. The normalized spacial score (nSPS) is 17.1. The number of benzene rings is 2. The molecule has 9 heteroatoms.